The van der Waals surface area contributed by atoms with Gasteiger partial charge in [0, 0.05) is 11.6 Å². The van der Waals surface area contributed by atoms with Crippen LogP contribution in [0.4, 0.5) is 0 Å². The molecule has 152 valence electrons. The predicted molar refractivity (Wildman–Crippen MR) is 120 cm³/mol. The van der Waals surface area contributed by atoms with Crippen molar-refractivity contribution in [1.29, 1.82) is 0 Å². The van der Waals surface area contributed by atoms with E-state index in [0.717, 1.165) is 28.3 Å². The van der Waals surface area contributed by atoms with Crippen molar-refractivity contribution in [3.63, 3.8) is 0 Å². The fourth-order valence-corrected chi connectivity index (χ4v) is 5.50. The average molecular weight is 488 g/mol. The first-order chi connectivity index (χ1) is 12.7. The third kappa shape index (κ3) is 7.01. The largest absolute Gasteiger partial charge is 0.462 e. The molecule has 2 unspecified atom stereocenters. The molecule has 0 aliphatic carbocycles. The molecule has 1 aliphatic heterocycles. The van der Waals surface area contributed by atoms with Crippen LogP contribution in [0.25, 0.3) is 0 Å². The van der Waals surface area contributed by atoms with Crippen LogP contribution in [0, 0.1) is 17.3 Å². The summed E-state index contributed by atoms with van der Waals surface area (Å²) < 4.78 is 13.7. The van der Waals surface area contributed by atoms with Crippen molar-refractivity contribution in [1.82, 2.24) is 0 Å². The van der Waals surface area contributed by atoms with Crippen LogP contribution in [-0.2, 0) is 19.1 Å². The van der Waals surface area contributed by atoms with Crippen LogP contribution in [-0.4, -0.2) is 22.6 Å². The second kappa shape index (κ2) is 10.9. The maximum Gasteiger partial charge on any atom is 0.330 e. The molecule has 0 bridgehead atoms. The van der Waals surface area contributed by atoms with Gasteiger partial charge in [-0.25, -0.2) is 4.79 Å². The minimum Gasteiger partial charge on any atom is -0.462 e. The summed E-state index contributed by atoms with van der Waals surface area (Å²) in [5.41, 5.74) is 2.45. The van der Waals surface area contributed by atoms with E-state index in [2.05, 4.69) is 58.2 Å². The molecule has 0 saturated carbocycles. The lowest BCUT2D eigenvalue weighted by Gasteiger charge is -2.30. The Morgan fingerprint density at radius 1 is 1.30 bits per heavy atom. The number of carbonyl (C=O) groups excluding carboxylic acids is 2. The zero-order valence-electron chi connectivity index (χ0n) is 17.4. The van der Waals surface area contributed by atoms with Crippen LogP contribution in [0.2, 0.25) is 0 Å². The lowest BCUT2D eigenvalue weighted by molar-refractivity contribution is -0.143. The topological polar surface area (TPSA) is 52.6 Å². The van der Waals surface area contributed by atoms with E-state index in [1.807, 2.05) is 0 Å². The second-order valence-electron chi connectivity index (χ2n) is 7.56. The van der Waals surface area contributed by atoms with Crippen LogP contribution in [0.1, 0.15) is 60.8 Å². The SMILES string of the molecule is C=CC(=O)OCCC(=O)OC1=C(C(C)(C)CC)C=C(C(C)C(C)CC)C=I1. The molecule has 2 atom stereocenters. The summed E-state index contributed by atoms with van der Waals surface area (Å²) in [6, 6.07) is 0. The number of allylic oxidation sites excluding steroid dienone is 3. The van der Waals surface area contributed by atoms with E-state index in [4.69, 9.17) is 9.47 Å². The summed E-state index contributed by atoms with van der Waals surface area (Å²) in [6.07, 6.45) is 5.48. The van der Waals surface area contributed by atoms with Gasteiger partial charge in [-0.05, 0) is 54.0 Å². The van der Waals surface area contributed by atoms with Crippen LogP contribution in [0.15, 0.2) is 33.6 Å². The fourth-order valence-electron chi connectivity index (χ4n) is 2.51. The maximum absolute atomic E-state index is 12.2. The van der Waals surface area contributed by atoms with Crippen LogP contribution < -0.4 is 0 Å². The summed E-state index contributed by atoms with van der Waals surface area (Å²) >= 11 is -0.514. The molecule has 0 saturated heterocycles. The van der Waals surface area contributed by atoms with Crippen LogP contribution in [0.5, 0.6) is 0 Å². The van der Waals surface area contributed by atoms with Crippen molar-refractivity contribution in [2.24, 2.45) is 17.3 Å². The van der Waals surface area contributed by atoms with Crippen LogP contribution >= 0.6 is 20.7 Å². The maximum atomic E-state index is 12.2. The highest BCUT2D eigenvalue weighted by Crippen LogP contribution is 2.42. The number of hydrogen-bond acceptors (Lipinski definition) is 4. The molecule has 1 rings (SSSR count). The number of halogens is 1. The second-order valence-corrected chi connectivity index (χ2v) is 9.78. The van der Waals surface area contributed by atoms with Crippen molar-refractivity contribution in [3.8, 4) is 0 Å². The van der Waals surface area contributed by atoms with Gasteiger partial charge in [0.05, 0.1) is 6.42 Å². The lowest BCUT2D eigenvalue weighted by atomic mass is 9.79. The third-order valence-corrected chi connectivity index (χ3v) is 7.76. The zero-order valence-corrected chi connectivity index (χ0v) is 19.6. The predicted octanol–water partition coefficient (Wildman–Crippen LogP) is 5.69. The van der Waals surface area contributed by atoms with Gasteiger partial charge in [-0.1, -0.05) is 60.6 Å². The first kappa shape index (κ1) is 23.8. The van der Waals surface area contributed by atoms with E-state index < -0.39 is 26.7 Å². The smallest absolute Gasteiger partial charge is 0.330 e. The Balaban J connectivity index is 3.01. The van der Waals surface area contributed by atoms with Gasteiger partial charge in [0.15, 0.2) is 3.77 Å². The van der Waals surface area contributed by atoms with E-state index in [1.54, 1.807) is 0 Å². The molecule has 0 N–H and O–H groups in total. The monoisotopic (exact) mass is 488 g/mol. The van der Waals surface area contributed by atoms with Gasteiger partial charge in [0.2, 0.25) is 0 Å². The summed E-state index contributed by atoms with van der Waals surface area (Å²) in [5.74, 6) is 0.227. The van der Waals surface area contributed by atoms with Crippen molar-refractivity contribution in [3.05, 3.63) is 33.6 Å². The van der Waals surface area contributed by atoms with Gasteiger partial charge in [-0.2, -0.15) is 0 Å². The molecular formula is C22H33IO4. The number of carbonyl (C=O) groups is 2. The number of hydrogen-bond donors (Lipinski definition) is 0. The minimum absolute atomic E-state index is 0.0116. The molecule has 5 heteroatoms. The highest BCUT2D eigenvalue weighted by atomic mass is 127. The molecule has 27 heavy (non-hydrogen) atoms. The summed E-state index contributed by atoms with van der Waals surface area (Å²) in [7, 11) is 0. The molecule has 0 fully saturated rings. The molecular weight excluding hydrogens is 455 g/mol. The first-order valence-electron chi connectivity index (χ1n) is 9.59. The average Bonchev–Trinajstić information content (AvgIpc) is 2.66. The Bertz CT molecular complexity index is 655. The Labute approximate surface area is 173 Å². The van der Waals surface area contributed by atoms with Gasteiger partial charge >= 0.3 is 11.9 Å². The number of rotatable bonds is 10. The Morgan fingerprint density at radius 2 is 1.96 bits per heavy atom. The van der Waals surface area contributed by atoms with Crippen LogP contribution in [0.3, 0.4) is 0 Å². The summed E-state index contributed by atoms with van der Waals surface area (Å²) in [4.78, 5) is 23.3. The lowest BCUT2D eigenvalue weighted by Crippen LogP contribution is -2.20. The molecule has 1 heterocycles. The molecule has 0 radical (unpaired) electrons. The molecule has 0 spiro atoms. The van der Waals surface area contributed by atoms with E-state index >= 15 is 0 Å². The standard InChI is InChI=1S/C22H33IO4/c1-8-15(4)16(5)17-13-18(22(6,7)10-3)21(23-14-17)27-20(25)11-12-26-19(24)9-2/h9,13-16H,2,8,10-12H2,1,3-7H3. The van der Waals surface area contributed by atoms with Gasteiger partial charge < -0.3 is 9.47 Å². The molecule has 0 aromatic carbocycles. The first-order valence-corrected chi connectivity index (χ1v) is 11.9. The Hall–Kier alpha value is -1.24. The zero-order chi connectivity index (χ0) is 20.6. The number of esters is 2. The molecule has 0 aromatic heterocycles. The van der Waals surface area contributed by atoms with Crippen molar-refractivity contribution in [2.45, 2.75) is 60.8 Å². The minimum atomic E-state index is -0.528. The quantitative estimate of drug-likeness (QED) is 0.225. The van der Waals surface area contributed by atoms with Crippen molar-refractivity contribution >= 4 is 36.7 Å². The van der Waals surface area contributed by atoms with E-state index in [9.17, 15) is 9.59 Å². The van der Waals surface area contributed by atoms with E-state index in [1.165, 1.54) is 5.57 Å². The van der Waals surface area contributed by atoms with E-state index in [-0.39, 0.29) is 24.4 Å². The van der Waals surface area contributed by atoms with Crippen molar-refractivity contribution in [2.75, 3.05) is 6.61 Å². The molecule has 1 aliphatic rings. The van der Waals surface area contributed by atoms with Crippen molar-refractivity contribution < 1.29 is 19.1 Å². The van der Waals surface area contributed by atoms with Gasteiger partial charge in [0.1, 0.15) is 6.61 Å². The highest BCUT2D eigenvalue weighted by Gasteiger charge is 2.28. The van der Waals surface area contributed by atoms with Gasteiger partial charge in [-0.15, -0.1) is 0 Å². The van der Waals surface area contributed by atoms with Gasteiger partial charge in [-0.3, -0.25) is 4.79 Å². The van der Waals surface area contributed by atoms with E-state index in [0.29, 0.717) is 11.8 Å². The normalized spacial score (nSPS) is 16.7. The molecule has 0 aromatic rings. The Kier molecular flexibility index (Phi) is 9.63. The highest BCUT2D eigenvalue weighted by molar-refractivity contribution is 14.2. The molecule has 4 nitrogen and oxygen atoms in total. The summed E-state index contributed by atoms with van der Waals surface area (Å²) in [5, 5.41) is 0. The summed E-state index contributed by atoms with van der Waals surface area (Å²) in [6.45, 7) is 16.7. The number of ether oxygens (including phenoxy) is 2. The third-order valence-electron chi connectivity index (χ3n) is 5.36. The molecule has 0 amide bonds. The fraction of sp³-hybridized carbons (Fsp3) is 0.591. The van der Waals surface area contributed by atoms with Gasteiger partial charge in [0.25, 0.3) is 0 Å². The Morgan fingerprint density at radius 3 is 2.52 bits per heavy atom.